The lowest BCUT2D eigenvalue weighted by molar-refractivity contribution is 1.28. The van der Waals surface area contributed by atoms with Gasteiger partial charge in [0.25, 0.3) is 0 Å². The number of fused-ring (bicyclic) bond motifs is 2. The summed E-state index contributed by atoms with van der Waals surface area (Å²) in [6.45, 7) is 0. The first kappa shape index (κ1) is 33.7. The maximum atomic E-state index is 2.37. The van der Waals surface area contributed by atoms with E-state index in [0.29, 0.717) is 0 Å². The van der Waals surface area contributed by atoms with Gasteiger partial charge in [-0.15, -0.1) is 5.46 Å². The van der Waals surface area contributed by atoms with E-state index in [1.807, 2.05) is 0 Å². The van der Waals surface area contributed by atoms with Crippen molar-refractivity contribution in [1.82, 2.24) is 0 Å². The average molecular weight is 656 g/mol. The minimum Gasteiger partial charge on any atom is -0.311 e. The molecule has 0 heterocycles. The first-order chi connectivity index (χ1) is 25.2. The Balaban J connectivity index is 1.21. The second kappa shape index (κ2) is 13.6. The van der Waals surface area contributed by atoms with Gasteiger partial charge in [0, 0.05) is 17.1 Å². The first-order valence-corrected chi connectivity index (χ1v) is 18.3. The van der Waals surface area contributed by atoms with Crippen molar-refractivity contribution < 1.29 is 0 Å². The van der Waals surface area contributed by atoms with Crippen LogP contribution in [-0.2, 0) is 0 Å². The molecule has 0 radical (unpaired) electrons. The summed E-state index contributed by atoms with van der Waals surface area (Å²) in [6.07, 6.45) is 0. The number of hydrogen-bond donors (Lipinski definition) is 0. The quantitative estimate of drug-likeness (QED) is 0.233. The third kappa shape index (κ3) is 6.01. The molecule has 0 aliphatic heterocycles. The van der Waals surface area contributed by atoms with Gasteiger partial charge >= 0.3 is 0 Å². The zero-order chi connectivity index (χ0) is 36.1. The summed E-state index contributed by atoms with van der Waals surface area (Å²) in [5.41, 5.74) is 20.1. The predicted octanol–water partition coefficient (Wildman–Crippen LogP) is 0.273. The van der Waals surface area contributed by atoms with Crippen LogP contribution in [0.3, 0.4) is 0 Å². The van der Waals surface area contributed by atoms with Gasteiger partial charge in [0.05, 0.1) is 0 Å². The Labute approximate surface area is 314 Å². The summed E-state index contributed by atoms with van der Waals surface area (Å²) < 4.78 is 0. The molecule has 8 heteroatoms. The van der Waals surface area contributed by atoms with Crippen LogP contribution >= 0.6 is 0 Å². The fourth-order valence-corrected chi connectivity index (χ4v) is 8.13. The Morgan fingerprint density at radius 2 is 0.673 bits per heavy atom. The molecule has 240 valence electrons. The topological polar surface area (TPSA) is 3.24 Å². The number of nitrogens with zero attached hydrogens (tertiary/aromatic N) is 1. The zero-order valence-electron chi connectivity index (χ0n) is 31.3. The fraction of sp³-hybridized carbons (Fsp3) is 0. The molecule has 1 nitrogen and oxygen atoms in total. The van der Waals surface area contributed by atoms with Crippen LogP contribution in [0.1, 0.15) is 0 Å². The van der Waals surface area contributed by atoms with Crippen molar-refractivity contribution in [2.24, 2.45) is 0 Å². The molecule has 0 aromatic heterocycles. The first-order valence-electron chi connectivity index (χ1n) is 18.3. The minimum absolute atomic E-state index is 1.12. The second-order valence-electron chi connectivity index (χ2n) is 14.6. The van der Waals surface area contributed by atoms with Crippen LogP contribution in [0.4, 0.5) is 17.1 Å². The zero-order valence-corrected chi connectivity index (χ0v) is 31.3. The standard InChI is InChI=1S/C44H38B7N/c45-36-5-1-3-34-32(19-21-38(47)42(34)36)26-9-15-30(16-10-26)52(29-13-7-25(8-14-29)28-23-40(49)44(51)41(50)24-28)31-17-11-27(12-18-31)33-20-22-39(48)43-35(33)4-2-6-37(43)46/h1-24H,45-51H2. The highest BCUT2D eigenvalue weighted by Crippen LogP contribution is 2.38. The largest absolute Gasteiger partial charge is 0.311 e. The van der Waals surface area contributed by atoms with Gasteiger partial charge in [-0.3, -0.25) is 0 Å². The van der Waals surface area contributed by atoms with Gasteiger partial charge in [0.15, 0.2) is 0 Å². The van der Waals surface area contributed by atoms with Crippen LogP contribution in [0.25, 0.3) is 54.9 Å². The Morgan fingerprint density at radius 3 is 1.08 bits per heavy atom. The predicted molar refractivity (Wildman–Crippen MR) is 250 cm³/mol. The van der Waals surface area contributed by atoms with Crippen molar-refractivity contribution in [3.8, 4) is 33.4 Å². The number of anilines is 3. The van der Waals surface area contributed by atoms with E-state index in [1.54, 1.807) is 0 Å². The third-order valence-electron chi connectivity index (χ3n) is 11.2. The van der Waals surface area contributed by atoms with Crippen LogP contribution < -0.4 is 43.1 Å². The monoisotopic (exact) mass is 657 g/mol. The highest BCUT2D eigenvalue weighted by molar-refractivity contribution is 6.57. The summed E-state index contributed by atoms with van der Waals surface area (Å²) in [5, 5.41) is 5.30. The minimum atomic E-state index is 1.12. The van der Waals surface area contributed by atoms with E-state index in [4.69, 9.17) is 0 Å². The lowest BCUT2D eigenvalue weighted by Crippen LogP contribution is -2.38. The summed E-state index contributed by atoms with van der Waals surface area (Å²) in [5.74, 6) is 0. The van der Waals surface area contributed by atoms with E-state index in [-0.39, 0.29) is 0 Å². The van der Waals surface area contributed by atoms with Crippen molar-refractivity contribution in [2.75, 3.05) is 4.90 Å². The van der Waals surface area contributed by atoms with Crippen LogP contribution in [0, 0.1) is 0 Å². The summed E-state index contributed by atoms with van der Waals surface area (Å²) in [7, 11) is 15.4. The SMILES string of the molecule is Bc1cc(-c2ccc(N(c3ccc(-c4ccc(B)c5c(B)cccc45)cc3)c3ccc(-c4ccc(B)c5c(B)cccc45)cc3)cc2)cc(B)c1B. The maximum absolute atomic E-state index is 2.37. The molecule has 0 aliphatic rings. The molecule has 0 spiro atoms. The van der Waals surface area contributed by atoms with Gasteiger partial charge in [-0.25, -0.2) is 0 Å². The van der Waals surface area contributed by atoms with Gasteiger partial charge in [0.2, 0.25) is 0 Å². The summed E-state index contributed by atoms with van der Waals surface area (Å²) in [4.78, 5) is 2.37. The Bertz CT molecular complexity index is 2460. The van der Waals surface area contributed by atoms with Crippen molar-refractivity contribution in [1.29, 1.82) is 0 Å². The van der Waals surface area contributed by atoms with E-state index < -0.39 is 0 Å². The average Bonchev–Trinajstić information content (AvgIpc) is 3.15. The number of rotatable bonds is 6. The van der Waals surface area contributed by atoms with Gasteiger partial charge in [-0.05, 0) is 91.3 Å². The molecule has 0 fully saturated rings. The van der Waals surface area contributed by atoms with Crippen LogP contribution in [0.5, 0.6) is 0 Å². The molecule has 52 heavy (non-hydrogen) atoms. The number of benzene rings is 8. The van der Waals surface area contributed by atoms with E-state index in [9.17, 15) is 0 Å². The van der Waals surface area contributed by atoms with E-state index >= 15 is 0 Å². The molecule has 8 aromatic rings. The van der Waals surface area contributed by atoms with E-state index in [0.717, 1.165) is 17.1 Å². The molecular formula is C44H38B7N. The van der Waals surface area contributed by atoms with Gasteiger partial charge in [-0.1, -0.05) is 142 Å². The normalized spacial score (nSPS) is 11.2. The molecule has 0 atom stereocenters. The molecule has 0 bridgehead atoms. The summed E-state index contributed by atoms with van der Waals surface area (Å²) >= 11 is 0. The summed E-state index contributed by atoms with van der Waals surface area (Å²) in [6, 6.07) is 54.1. The van der Waals surface area contributed by atoms with Crippen molar-refractivity contribution >= 4 is 132 Å². The third-order valence-corrected chi connectivity index (χ3v) is 11.2. The van der Waals surface area contributed by atoms with Gasteiger partial charge in [0.1, 0.15) is 54.9 Å². The molecule has 0 unspecified atom stereocenters. The highest BCUT2D eigenvalue weighted by Gasteiger charge is 2.16. The highest BCUT2D eigenvalue weighted by atomic mass is 15.1. The van der Waals surface area contributed by atoms with Crippen molar-refractivity contribution in [3.63, 3.8) is 0 Å². The van der Waals surface area contributed by atoms with Crippen molar-refractivity contribution in [2.45, 2.75) is 0 Å². The molecular weight excluding hydrogens is 618 g/mol. The van der Waals surface area contributed by atoms with E-state index in [1.165, 1.54) is 93.2 Å². The molecule has 8 rings (SSSR count). The molecule has 8 aromatic carbocycles. The molecule has 0 saturated heterocycles. The lowest BCUT2D eigenvalue weighted by atomic mass is 9.71. The van der Waals surface area contributed by atoms with Crippen LogP contribution in [0.2, 0.25) is 0 Å². The fourth-order valence-electron chi connectivity index (χ4n) is 8.13. The Morgan fingerprint density at radius 1 is 0.308 bits per heavy atom. The lowest BCUT2D eigenvalue weighted by Gasteiger charge is -2.26. The smallest absolute Gasteiger partial charge is 0.140 e. The molecule has 0 N–H and O–H groups in total. The Hall–Kier alpha value is -5.47. The van der Waals surface area contributed by atoms with Gasteiger partial charge in [-0.2, -0.15) is 0 Å². The van der Waals surface area contributed by atoms with Crippen LogP contribution in [-0.4, -0.2) is 54.9 Å². The van der Waals surface area contributed by atoms with E-state index in [2.05, 4.69) is 205 Å². The molecule has 0 amide bonds. The molecule has 0 saturated carbocycles. The number of hydrogen-bond acceptors (Lipinski definition) is 1. The Kier molecular flexibility index (Phi) is 8.80. The van der Waals surface area contributed by atoms with Crippen molar-refractivity contribution in [3.05, 3.63) is 146 Å². The maximum Gasteiger partial charge on any atom is 0.140 e. The second-order valence-corrected chi connectivity index (χ2v) is 14.6. The van der Waals surface area contributed by atoms with Crippen LogP contribution in [0.15, 0.2) is 146 Å². The van der Waals surface area contributed by atoms with Gasteiger partial charge < -0.3 is 4.90 Å². The molecule has 0 aliphatic carbocycles.